The molecule has 0 aliphatic heterocycles. The van der Waals surface area contributed by atoms with Crippen LogP contribution < -0.4 is 11.1 Å². The Labute approximate surface area is 146 Å². The third-order valence-electron chi connectivity index (χ3n) is 4.05. The zero-order chi connectivity index (χ0) is 17.8. The molecule has 25 heavy (non-hydrogen) atoms. The van der Waals surface area contributed by atoms with Gasteiger partial charge in [0.1, 0.15) is 11.6 Å². The maximum atomic E-state index is 10.2. The van der Waals surface area contributed by atoms with Gasteiger partial charge in [0.15, 0.2) is 5.82 Å². The summed E-state index contributed by atoms with van der Waals surface area (Å²) in [7, 11) is 0. The molecule has 0 amide bonds. The molecule has 0 saturated carbocycles. The van der Waals surface area contributed by atoms with Crippen molar-refractivity contribution in [2.75, 3.05) is 11.9 Å². The van der Waals surface area contributed by atoms with E-state index in [1.165, 1.54) is 0 Å². The van der Waals surface area contributed by atoms with Crippen molar-refractivity contribution < 1.29 is 5.11 Å². The van der Waals surface area contributed by atoms with Gasteiger partial charge in [-0.05, 0) is 25.5 Å². The normalized spacial score (nSPS) is 12.1. The highest BCUT2D eigenvalue weighted by molar-refractivity contribution is 5.76. The molecule has 0 aliphatic rings. The number of H-pyrrole nitrogens is 1. The quantitative estimate of drug-likeness (QED) is 0.550. The van der Waals surface area contributed by atoms with Gasteiger partial charge >= 0.3 is 0 Å². The third-order valence-corrected chi connectivity index (χ3v) is 4.05. The first-order valence-electron chi connectivity index (χ1n) is 8.24. The van der Waals surface area contributed by atoms with Gasteiger partial charge in [-0.3, -0.25) is 5.10 Å². The fourth-order valence-corrected chi connectivity index (χ4v) is 2.46. The minimum atomic E-state index is 0.0305. The molecule has 0 unspecified atom stereocenters. The molecule has 0 saturated heterocycles. The number of aryl methyl sites for hydroxylation is 1. The Morgan fingerprint density at radius 1 is 1.28 bits per heavy atom. The number of aromatic nitrogens is 4. The van der Waals surface area contributed by atoms with Crippen LogP contribution in [0.15, 0.2) is 36.8 Å². The van der Waals surface area contributed by atoms with E-state index in [2.05, 4.69) is 25.5 Å². The standard InChI is InChI=1S/C18H22N6O/c1-3-13(19)9-20-18-15(12-7-22-23-8-12)10-21-17(24-18)14-6-11(2)4-5-16(14)25/h4-8,10,13,25H,3,9,19H2,1-2H3,(H,22,23)(H,20,21,24)/t13-/m1/s1. The van der Waals surface area contributed by atoms with Crippen molar-refractivity contribution >= 4 is 5.82 Å². The monoisotopic (exact) mass is 338 g/mol. The van der Waals surface area contributed by atoms with E-state index in [9.17, 15) is 5.11 Å². The molecule has 0 bridgehead atoms. The number of benzene rings is 1. The molecule has 0 aliphatic carbocycles. The van der Waals surface area contributed by atoms with Crippen LogP contribution in [0, 0.1) is 6.92 Å². The highest BCUT2D eigenvalue weighted by Gasteiger charge is 2.14. The zero-order valence-electron chi connectivity index (χ0n) is 14.3. The fraction of sp³-hybridized carbons (Fsp3) is 0.278. The largest absolute Gasteiger partial charge is 0.507 e. The number of phenols is 1. The van der Waals surface area contributed by atoms with Gasteiger partial charge < -0.3 is 16.2 Å². The Hall–Kier alpha value is -2.93. The smallest absolute Gasteiger partial charge is 0.165 e. The number of anilines is 1. The summed E-state index contributed by atoms with van der Waals surface area (Å²) < 4.78 is 0. The van der Waals surface area contributed by atoms with Crippen LogP contribution >= 0.6 is 0 Å². The van der Waals surface area contributed by atoms with Crippen molar-refractivity contribution in [1.82, 2.24) is 20.2 Å². The van der Waals surface area contributed by atoms with E-state index in [0.717, 1.165) is 23.1 Å². The number of phenolic OH excluding ortho intramolecular Hbond substituents is 1. The average Bonchev–Trinajstić information content (AvgIpc) is 3.16. The number of hydrogen-bond donors (Lipinski definition) is 4. The second-order valence-corrected chi connectivity index (χ2v) is 6.01. The van der Waals surface area contributed by atoms with Crippen molar-refractivity contribution in [2.24, 2.45) is 5.73 Å². The number of aromatic amines is 1. The summed E-state index contributed by atoms with van der Waals surface area (Å²) in [6.45, 7) is 4.60. The van der Waals surface area contributed by atoms with Crippen molar-refractivity contribution in [3.05, 3.63) is 42.4 Å². The van der Waals surface area contributed by atoms with Crippen LogP contribution in [0.2, 0.25) is 0 Å². The molecule has 7 heteroatoms. The van der Waals surface area contributed by atoms with Crippen LogP contribution in [0.5, 0.6) is 5.75 Å². The molecule has 2 aromatic heterocycles. The minimum absolute atomic E-state index is 0.0305. The van der Waals surface area contributed by atoms with E-state index in [-0.39, 0.29) is 11.8 Å². The Kier molecular flexibility index (Phi) is 4.95. The van der Waals surface area contributed by atoms with Gasteiger partial charge in [-0.15, -0.1) is 0 Å². The van der Waals surface area contributed by atoms with Crippen LogP contribution in [0.3, 0.4) is 0 Å². The van der Waals surface area contributed by atoms with Crippen LogP contribution in [0.1, 0.15) is 18.9 Å². The average molecular weight is 338 g/mol. The van der Waals surface area contributed by atoms with Crippen LogP contribution in [0.25, 0.3) is 22.5 Å². The number of nitrogens with two attached hydrogens (primary N) is 1. The van der Waals surface area contributed by atoms with Gasteiger partial charge in [-0.1, -0.05) is 18.6 Å². The summed E-state index contributed by atoms with van der Waals surface area (Å²) >= 11 is 0. The maximum absolute atomic E-state index is 10.2. The van der Waals surface area contributed by atoms with E-state index < -0.39 is 0 Å². The number of hydrogen-bond acceptors (Lipinski definition) is 6. The predicted octanol–water partition coefficient (Wildman–Crippen LogP) is 2.70. The molecule has 2 heterocycles. The maximum Gasteiger partial charge on any atom is 0.165 e. The summed E-state index contributed by atoms with van der Waals surface area (Å²) in [6, 6.07) is 5.39. The lowest BCUT2D eigenvalue weighted by atomic mass is 10.1. The number of nitrogens with one attached hydrogen (secondary N) is 2. The predicted molar refractivity (Wildman–Crippen MR) is 98.2 cm³/mol. The first kappa shape index (κ1) is 16.9. The molecule has 7 nitrogen and oxygen atoms in total. The number of rotatable bonds is 6. The van der Waals surface area contributed by atoms with Gasteiger partial charge in [-0.2, -0.15) is 5.10 Å². The van der Waals surface area contributed by atoms with Crippen LogP contribution in [-0.4, -0.2) is 37.9 Å². The van der Waals surface area contributed by atoms with E-state index in [0.29, 0.717) is 23.8 Å². The van der Waals surface area contributed by atoms with E-state index >= 15 is 0 Å². The van der Waals surface area contributed by atoms with Gasteiger partial charge in [0.2, 0.25) is 0 Å². The summed E-state index contributed by atoms with van der Waals surface area (Å²) in [6.07, 6.45) is 6.10. The van der Waals surface area contributed by atoms with Gasteiger partial charge in [0.25, 0.3) is 0 Å². The van der Waals surface area contributed by atoms with E-state index in [1.54, 1.807) is 24.7 Å². The molecule has 0 spiro atoms. The number of aromatic hydroxyl groups is 1. The highest BCUT2D eigenvalue weighted by atomic mass is 16.3. The molecule has 0 fully saturated rings. The molecular formula is C18H22N6O. The van der Waals surface area contributed by atoms with Crippen LogP contribution in [-0.2, 0) is 0 Å². The summed E-state index contributed by atoms with van der Waals surface area (Å²) in [5.41, 5.74) is 9.35. The lowest BCUT2D eigenvalue weighted by Gasteiger charge is -2.15. The highest BCUT2D eigenvalue weighted by Crippen LogP contribution is 2.31. The Morgan fingerprint density at radius 3 is 2.84 bits per heavy atom. The Morgan fingerprint density at radius 2 is 2.12 bits per heavy atom. The first-order valence-corrected chi connectivity index (χ1v) is 8.24. The molecule has 130 valence electrons. The summed E-state index contributed by atoms with van der Waals surface area (Å²) in [5.74, 6) is 1.27. The van der Waals surface area contributed by atoms with Gasteiger partial charge in [0, 0.05) is 36.1 Å². The lowest BCUT2D eigenvalue weighted by molar-refractivity contribution is 0.476. The van der Waals surface area contributed by atoms with Crippen molar-refractivity contribution in [3.8, 4) is 28.3 Å². The van der Waals surface area contributed by atoms with Crippen molar-refractivity contribution in [1.29, 1.82) is 0 Å². The molecule has 5 N–H and O–H groups in total. The fourth-order valence-electron chi connectivity index (χ4n) is 2.46. The summed E-state index contributed by atoms with van der Waals surface area (Å²) in [5, 5.41) is 20.2. The topological polar surface area (TPSA) is 113 Å². The zero-order valence-corrected chi connectivity index (χ0v) is 14.3. The molecule has 0 radical (unpaired) electrons. The first-order chi connectivity index (χ1) is 12.1. The minimum Gasteiger partial charge on any atom is -0.507 e. The second-order valence-electron chi connectivity index (χ2n) is 6.01. The Bertz CT molecular complexity index is 847. The Balaban J connectivity index is 2.03. The molecular weight excluding hydrogens is 316 g/mol. The lowest BCUT2D eigenvalue weighted by Crippen LogP contribution is -2.28. The van der Waals surface area contributed by atoms with Gasteiger partial charge in [0.05, 0.1) is 11.8 Å². The van der Waals surface area contributed by atoms with Crippen LogP contribution in [0.4, 0.5) is 5.82 Å². The van der Waals surface area contributed by atoms with Gasteiger partial charge in [-0.25, -0.2) is 9.97 Å². The van der Waals surface area contributed by atoms with Crippen molar-refractivity contribution in [2.45, 2.75) is 26.3 Å². The van der Waals surface area contributed by atoms with E-state index in [1.807, 2.05) is 26.0 Å². The molecule has 3 rings (SSSR count). The third kappa shape index (κ3) is 3.77. The summed E-state index contributed by atoms with van der Waals surface area (Å²) in [4.78, 5) is 9.06. The second kappa shape index (κ2) is 7.31. The molecule has 3 aromatic rings. The molecule has 1 aromatic carbocycles. The number of nitrogens with zero attached hydrogens (tertiary/aromatic N) is 3. The van der Waals surface area contributed by atoms with Crippen molar-refractivity contribution in [3.63, 3.8) is 0 Å². The SMILES string of the molecule is CC[C@@H](N)CNc1nc(-c2cc(C)ccc2O)ncc1-c1cn[nH]c1. The van der Waals surface area contributed by atoms with E-state index in [4.69, 9.17) is 5.73 Å². The molecule has 1 atom stereocenters.